The van der Waals surface area contributed by atoms with Crippen LogP contribution in [0.25, 0.3) is 11.4 Å². The maximum atomic E-state index is 10.8. The number of anilines is 1. The normalized spacial score (nSPS) is 13.9. The Morgan fingerprint density at radius 3 is 1.67 bits per heavy atom. The fourth-order valence-corrected chi connectivity index (χ4v) is 4.27. The van der Waals surface area contributed by atoms with E-state index >= 15 is 0 Å². The van der Waals surface area contributed by atoms with Gasteiger partial charge in [-0.1, -0.05) is 84.9 Å². The van der Waals surface area contributed by atoms with E-state index in [0.29, 0.717) is 0 Å². The smallest absolute Gasteiger partial charge is 0.139 e. The number of methoxy groups -OCH3 is 1. The largest absolute Gasteiger partial charge is 0.506 e. The van der Waals surface area contributed by atoms with Crippen LogP contribution < -0.4 is 9.64 Å². The number of aromatic hydroxyl groups is 1. The van der Waals surface area contributed by atoms with E-state index in [1.54, 1.807) is 13.2 Å². The quantitative estimate of drug-likeness (QED) is 0.366. The second-order valence-electron chi connectivity index (χ2n) is 7.96. The number of para-hydroxylation sites is 2. The third-order valence-corrected chi connectivity index (χ3v) is 5.92. The highest BCUT2D eigenvalue weighted by atomic mass is 16.5. The number of hydrogen-bond acceptors (Lipinski definition) is 3. The van der Waals surface area contributed by atoms with Gasteiger partial charge in [-0.3, -0.25) is 0 Å². The molecule has 3 heteroatoms. The fourth-order valence-electron chi connectivity index (χ4n) is 4.27. The van der Waals surface area contributed by atoms with E-state index in [2.05, 4.69) is 53.5 Å². The highest BCUT2D eigenvalue weighted by Gasteiger charge is 2.28. The number of phenols is 1. The van der Waals surface area contributed by atoms with Crippen LogP contribution in [0, 0.1) is 0 Å². The molecule has 1 N–H and O–H groups in total. The number of benzene rings is 4. The summed E-state index contributed by atoms with van der Waals surface area (Å²) < 4.78 is 5.36. The van der Waals surface area contributed by atoms with Crippen molar-refractivity contribution in [3.8, 4) is 11.5 Å². The molecule has 3 nitrogen and oxygen atoms in total. The molecule has 1 aliphatic rings. The summed E-state index contributed by atoms with van der Waals surface area (Å²) in [6.45, 7) is 0. The first kappa shape index (κ1) is 20.7. The predicted octanol–water partition coefficient (Wildman–Crippen LogP) is 7.09. The van der Waals surface area contributed by atoms with Crippen LogP contribution >= 0.6 is 0 Å². The van der Waals surface area contributed by atoms with Crippen LogP contribution in [0.4, 0.5) is 5.69 Å². The second-order valence-corrected chi connectivity index (χ2v) is 7.96. The predicted molar refractivity (Wildman–Crippen MR) is 135 cm³/mol. The Morgan fingerprint density at radius 2 is 1.15 bits per heavy atom. The summed E-state index contributed by atoms with van der Waals surface area (Å²) in [6.07, 6.45) is 4.52. The number of rotatable bonds is 5. The molecule has 0 aliphatic carbocycles. The molecule has 0 aromatic heterocycles. The lowest BCUT2D eigenvalue weighted by Gasteiger charge is -2.35. The van der Waals surface area contributed by atoms with Crippen molar-refractivity contribution in [2.24, 2.45) is 0 Å². The Kier molecular flexibility index (Phi) is 5.69. The van der Waals surface area contributed by atoms with Crippen LogP contribution in [0.15, 0.2) is 121 Å². The van der Waals surface area contributed by atoms with Crippen LogP contribution in [0.2, 0.25) is 0 Å². The van der Waals surface area contributed by atoms with Gasteiger partial charge in [-0.05, 0) is 53.1 Å². The Morgan fingerprint density at radius 1 is 0.636 bits per heavy atom. The van der Waals surface area contributed by atoms with Gasteiger partial charge in [0.2, 0.25) is 0 Å². The third kappa shape index (κ3) is 4.13. The minimum atomic E-state index is 0.0587. The van der Waals surface area contributed by atoms with Crippen LogP contribution in [0.1, 0.15) is 22.6 Å². The van der Waals surface area contributed by atoms with Gasteiger partial charge in [0.05, 0.1) is 24.2 Å². The molecule has 0 amide bonds. The summed E-state index contributed by atoms with van der Waals surface area (Å²) in [5.41, 5.74) is 6.14. The molecular formula is C30H25NO2. The molecule has 4 aromatic rings. The van der Waals surface area contributed by atoms with Gasteiger partial charge in [-0.15, -0.1) is 0 Å². The number of ether oxygens (including phenoxy) is 1. The zero-order chi connectivity index (χ0) is 22.6. The van der Waals surface area contributed by atoms with Crippen LogP contribution in [-0.2, 0) is 0 Å². The molecule has 162 valence electrons. The monoisotopic (exact) mass is 431 g/mol. The number of nitrogens with zero attached hydrogens (tertiary/aromatic N) is 1. The van der Waals surface area contributed by atoms with Crippen molar-refractivity contribution < 1.29 is 9.84 Å². The van der Waals surface area contributed by atoms with Crippen molar-refractivity contribution in [1.29, 1.82) is 0 Å². The molecule has 1 aliphatic heterocycles. The van der Waals surface area contributed by atoms with Gasteiger partial charge in [0.1, 0.15) is 11.5 Å². The number of phenolic OH excluding ortho intramolecular Hbond substituents is 1. The summed E-state index contributed by atoms with van der Waals surface area (Å²) in [5, 5.41) is 10.8. The average molecular weight is 432 g/mol. The summed E-state index contributed by atoms with van der Waals surface area (Å²) in [5.74, 6) is 1.14. The van der Waals surface area contributed by atoms with Gasteiger partial charge >= 0.3 is 0 Å². The van der Waals surface area contributed by atoms with Gasteiger partial charge in [0.15, 0.2) is 0 Å². The first-order valence-electron chi connectivity index (χ1n) is 11.0. The highest BCUT2D eigenvalue weighted by Crippen LogP contribution is 2.44. The summed E-state index contributed by atoms with van der Waals surface area (Å²) in [7, 11) is 1.68. The number of hydrogen-bond donors (Lipinski definition) is 1. The molecule has 33 heavy (non-hydrogen) atoms. The average Bonchev–Trinajstić information content (AvgIpc) is 2.89. The number of allylic oxidation sites excluding steroid dienone is 2. The van der Waals surface area contributed by atoms with E-state index < -0.39 is 0 Å². The first-order chi connectivity index (χ1) is 16.2. The van der Waals surface area contributed by atoms with E-state index in [-0.39, 0.29) is 11.7 Å². The van der Waals surface area contributed by atoms with Gasteiger partial charge in [-0.2, -0.15) is 0 Å². The second kappa shape index (κ2) is 9.09. The van der Waals surface area contributed by atoms with Gasteiger partial charge < -0.3 is 14.7 Å². The Balaban J connectivity index is 1.73. The van der Waals surface area contributed by atoms with Crippen molar-refractivity contribution in [2.75, 3.05) is 12.0 Å². The van der Waals surface area contributed by atoms with Crippen LogP contribution in [0.3, 0.4) is 0 Å². The van der Waals surface area contributed by atoms with Crippen molar-refractivity contribution in [1.82, 2.24) is 0 Å². The fraction of sp³-hybridized carbons (Fsp3) is 0.0667. The molecule has 5 rings (SSSR count). The minimum Gasteiger partial charge on any atom is -0.506 e. The Bertz CT molecular complexity index is 1230. The van der Waals surface area contributed by atoms with E-state index in [0.717, 1.165) is 34.0 Å². The van der Waals surface area contributed by atoms with Crippen molar-refractivity contribution in [2.45, 2.75) is 5.92 Å². The Hall–Kier alpha value is -4.24. The molecule has 0 unspecified atom stereocenters. The lowest BCUT2D eigenvalue weighted by Crippen LogP contribution is -2.24. The Labute approximate surface area is 194 Å². The first-order valence-corrected chi connectivity index (χ1v) is 11.0. The summed E-state index contributed by atoms with van der Waals surface area (Å²) in [4.78, 5) is 2.15. The SMILES string of the molecule is COc1ccc(C2C=C(c3ccccc3)N(c3ccccc3O)C(c3ccccc3)=C2)cc1. The van der Waals surface area contributed by atoms with Crippen molar-refractivity contribution >= 4 is 17.1 Å². The highest BCUT2D eigenvalue weighted by molar-refractivity contribution is 5.99. The van der Waals surface area contributed by atoms with Gasteiger partial charge in [0, 0.05) is 5.92 Å². The van der Waals surface area contributed by atoms with Crippen molar-refractivity contribution in [3.63, 3.8) is 0 Å². The molecule has 1 heterocycles. The molecule has 4 aromatic carbocycles. The molecule has 0 fully saturated rings. The third-order valence-electron chi connectivity index (χ3n) is 5.92. The summed E-state index contributed by atoms with van der Waals surface area (Å²) in [6, 6.07) is 36.4. The van der Waals surface area contributed by atoms with Crippen LogP contribution in [-0.4, -0.2) is 12.2 Å². The zero-order valence-electron chi connectivity index (χ0n) is 18.4. The lowest BCUT2D eigenvalue weighted by molar-refractivity contribution is 0.414. The molecule has 0 saturated heterocycles. The maximum Gasteiger partial charge on any atom is 0.139 e. The van der Waals surface area contributed by atoms with E-state index in [1.165, 1.54) is 5.56 Å². The molecule has 0 spiro atoms. The topological polar surface area (TPSA) is 32.7 Å². The molecule has 0 saturated carbocycles. The minimum absolute atomic E-state index is 0.0587. The summed E-state index contributed by atoms with van der Waals surface area (Å²) >= 11 is 0. The molecular weight excluding hydrogens is 406 g/mol. The van der Waals surface area contributed by atoms with Gasteiger partial charge in [0.25, 0.3) is 0 Å². The van der Waals surface area contributed by atoms with E-state index in [9.17, 15) is 5.11 Å². The van der Waals surface area contributed by atoms with Crippen LogP contribution in [0.5, 0.6) is 11.5 Å². The molecule has 0 radical (unpaired) electrons. The van der Waals surface area contributed by atoms with E-state index in [1.807, 2.05) is 66.7 Å². The van der Waals surface area contributed by atoms with E-state index in [4.69, 9.17) is 4.74 Å². The zero-order valence-corrected chi connectivity index (χ0v) is 18.4. The standard InChI is InChI=1S/C30H25NO2/c1-33-26-18-16-22(17-19-26)25-20-28(23-10-4-2-5-11-23)31(27-14-8-9-15-30(27)32)29(21-25)24-12-6-3-7-13-24/h2-21,25,32H,1H3. The lowest BCUT2D eigenvalue weighted by atomic mass is 9.89. The molecule has 0 bridgehead atoms. The molecule has 0 atom stereocenters. The van der Waals surface area contributed by atoms with Crippen molar-refractivity contribution in [3.05, 3.63) is 138 Å². The maximum absolute atomic E-state index is 10.8. The van der Waals surface area contributed by atoms with Gasteiger partial charge in [-0.25, -0.2) is 0 Å².